The van der Waals surface area contributed by atoms with Crippen molar-refractivity contribution < 1.29 is 9.47 Å². The number of halogens is 1. The first-order valence-electron chi connectivity index (χ1n) is 9.00. The lowest BCUT2D eigenvalue weighted by Gasteiger charge is -2.31. The van der Waals surface area contributed by atoms with Crippen LogP contribution >= 0.6 is 24.0 Å². The van der Waals surface area contributed by atoms with Gasteiger partial charge in [-0.1, -0.05) is 37.3 Å². The molecule has 1 aliphatic heterocycles. The fourth-order valence-electron chi connectivity index (χ4n) is 2.84. The molecule has 2 rings (SSSR count). The number of guanidine groups is 1. The Morgan fingerprint density at radius 3 is 2.72 bits per heavy atom. The number of ether oxygens (including phenoxy) is 2. The molecule has 1 saturated heterocycles. The van der Waals surface area contributed by atoms with E-state index in [0.717, 1.165) is 26.1 Å². The second-order valence-electron chi connectivity index (χ2n) is 6.44. The Kier molecular flexibility index (Phi) is 11.9. The molecule has 1 heterocycles. The van der Waals surface area contributed by atoms with Gasteiger partial charge in [0.15, 0.2) is 5.96 Å². The van der Waals surface area contributed by atoms with E-state index in [2.05, 4.69) is 28.9 Å². The van der Waals surface area contributed by atoms with Crippen molar-refractivity contribution in [3.8, 4) is 0 Å². The molecule has 6 heteroatoms. The van der Waals surface area contributed by atoms with E-state index < -0.39 is 0 Å². The van der Waals surface area contributed by atoms with Gasteiger partial charge in [-0.05, 0) is 30.7 Å². The number of aliphatic imine (C=N–C) groups is 1. The number of hydrogen-bond acceptors (Lipinski definition) is 3. The highest BCUT2D eigenvalue weighted by molar-refractivity contribution is 14.0. The molecule has 1 aromatic carbocycles. The van der Waals surface area contributed by atoms with Gasteiger partial charge in [0.25, 0.3) is 0 Å². The molecule has 0 saturated carbocycles. The number of nitrogens with zero attached hydrogens (tertiary/aromatic N) is 2. The SMILES string of the molecule is CC1CCCN(C(N)=NCCCOCCOCc2ccccc2)C1.I. The van der Waals surface area contributed by atoms with Gasteiger partial charge in [0.2, 0.25) is 0 Å². The molecule has 0 amide bonds. The molecule has 1 atom stereocenters. The summed E-state index contributed by atoms with van der Waals surface area (Å²) in [4.78, 5) is 6.67. The van der Waals surface area contributed by atoms with Gasteiger partial charge < -0.3 is 20.1 Å². The highest BCUT2D eigenvalue weighted by atomic mass is 127. The average Bonchev–Trinajstić information content (AvgIpc) is 2.61. The van der Waals surface area contributed by atoms with Gasteiger partial charge >= 0.3 is 0 Å². The molecule has 1 unspecified atom stereocenters. The smallest absolute Gasteiger partial charge is 0.191 e. The third-order valence-electron chi connectivity index (χ3n) is 4.19. The van der Waals surface area contributed by atoms with E-state index in [9.17, 15) is 0 Å². The van der Waals surface area contributed by atoms with E-state index in [4.69, 9.17) is 15.2 Å². The molecular formula is C19H32IN3O2. The van der Waals surface area contributed by atoms with E-state index in [1.54, 1.807) is 0 Å². The van der Waals surface area contributed by atoms with Crippen molar-refractivity contribution in [1.29, 1.82) is 0 Å². The summed E-state index contributed by atoms with van der Waals surface area (Å²) < 4.78 is 11.1. The summed E-state index contributed by atoms with van der Waals surface area (Å²) in [6.07, 6.45) is 3.40. The van der Waals surface area contributed by atoms with Crippen molar-refractivity contribution in [1.82, 2.24) is 4.90 Å². The molecule has 1 aliphatic rings. The van der Waals surface area contributed by atoms with Gasteiger partial charge in [-0.15, -0.1) is 24.0 Å². The summed E-state index contributed by atoms with van der Waals surface area (Å²) in [6.45, 7) is 7.64. The van der Waals surface area contributed by atoms with Gasteiger partial charge in [0.05, 0.1) is 19.8 Å². The Morgan fingerprint density at radius 1 is 1.20 bits per heavy atom. The number of benzene rings is 1. The normalized spacial score (nSPS) is 18.0. The van der Waals surface area contributed by atoms with Gasteiger partial charge in [-0.3, -0.25) is 4.99 Å². The molecule has 142 valence electrons. The standard InChI is InChI=1S/C19H31N3O2.HI/c1-17-7-5-11-22(15-17)19(20)21-10-6-12-23-13-14-24-16-18-8-3-2-4-9-18;/h2-4,8-9,17H,5-7,10-16H2,1H3,(H2,20,21);1H. The van der Waals surface area contributed by atoms with Crippen LogP contribution in [0.1, 0.15) is 31.7 Å². The predicted octanol–water partition coefficient (Wildman–Crippen LogP) is 3.27. The lowest BCUT2D eigenvalue weighted by molar-refractivity contribution is 0.0403. The minimum absolute atomic E-state index is 0. The minimum atomic E-state index is 0. The zero-order valence-corrected chi connectivity index (χ0v) is 17.6. The zero-order valence-electron chi connectivity index (χ0n) is 15.2. The minimum Gasteiger partial charge on any atom is -0.379 e. The maximum absolute atomic E-state index is 6.06. The summed E-state index contributed by atoms with van der Waals surface area (Å²) >= 11 is 0. The summed E-state index contributed by atoms with van der Waals surface area (Å²) in [5, 5.41) is 0. The van der Waals surface area contributed by atoms with E-state index >= 15 is 0 Å². The monoisotopic (exact) mass is 461 g/mol. The zero-order chi connectivity index (χ0) is 17.0. The topological polar surface area (TPSA) is 60.1 Å². The van der Waals surface area contributed by atoms with Crippen LogP contribution < -0.4 is 5.73 Å². The van der Waals surface area contributed by atoms with Crippen LogP contribution in [0, 0.1) is 5.92 Å². The summed E-state index contributed by atoms with van der Waals surface area (Å²) in [5.41, 5.74) is 7.25. The first-order chi connectivity index (χ1) is 11.8. The van der Waals surface area contributed by atoms with E-state index in [-0.39, 0.29) is 24.0 Å². The molecular weight excluding hydrogens is 429 g/mol. The number of nitrogens with two attached hydrogens (primary N) is 1. The maximum Gasteiger partial charge on any atom is 0.191 e. The molecule has 0 aliphatic carbocycles. The Labute approximate surface area is 169 Å². The molecule has 0 aromatic heterocycles. The van der Waals surface area contributed by atoms with Gasteiger partial charge in [0, 0.05) is 26.2 Å². The lowest BCUT2D eigenvalue weighted by atomic mass is 10.0. The van der Waals surface area contributed by atoms with Crippen LogP contribution in [0.15, 0.2) is 35.3 Å². The van der Waals surface area contributed by atoms with E-state index in [1.807, 2.05) is 18.2 Å². The third kappa shape index (κ3) is 9.42. The van der Waals surface area contributed by atoms with Crippen molar-refractivity contribution >= 4 is 29.9 Å². The molecule has 0 bridgehead atoms. The Hall–Kier alpha value is -0.860. The second kappa shape index (κ2) is 13.4. The highest BCUT2D eigenvalue weighted by Crippen LogP contribution is 2.14. The van der Waals surface area contributed by atoms with E-state index in [0.29, 0.717) is 38.3 Å². The van der Waals surface area contributed by atoms with Crippen LogP contribution in [0.2, 0.25) is 0 Å². The summed E-state index contributed by atoms with van der Waals surface area (Å²) in [5.74, 6) is 1.40. The Balaban J connectivity index is 0.00000312. The molecule has 25 heavy (non-hydrogen) atoms. The van der Waals surface area contributed by atoms with Crippen LogP contribution in [0.5, 0.6) is 0 Å². The largest absolute Gasteiger partial charge is 0.379 e. The Morgan fingerprint density at radius 2 is 1.96 bits per heavy atom. The van der Waals surface area contributed by atoms with Crippen LogP contribution in [-0.2, 0) is 16.1 Å². The third-order valence-corrected chi connectivity index (χ3v) is 4.19. The number of piperidine rings is 1. The van der Waals surface area contributed by atoms with Crippen molar-refractivity contribution in [3.05, 3.63) is 35.9 Å². The average molecular weight is 461 g/mol. The molecule has 5 nitrogen and oxygen atoms in total. The molecule has 0 radical (unpaired) electrons. The predicted molar refractivity (Wildman–Crippen MR) is 113 cm³/mol. The summed E-state index contributed by atoms with van der Waals surface area (Å²) in [7, 11) is 0. The van der Waals surface area contributed by atoms with Crippen molar-refractivity contribution in [3.63, 3.8) is 0 Å². The summed E-state index contributed by atoms with van der Waals surface area (Å²) in [6, 6.07) is 10.2. The van der Waals surface area contributed by atoms with Gasteiger partial charge in [-0.2, -0.15) is 0 Å². The molecule has 0 spiro atoms. The van der Waals surface area contributed by atoms with Crippen molar-refractivity contribution in [2.24, 2.45) is 16.6 Å². The maximum atomic E-state index is 6.06. The van der Waals surface area contributed by atoms with Crippen LogP contribution in [0.3, 0.4) is 0 Å². The second-order valence-corrected chi connectivity index (χ2v) is 6.44. The van der Waals surface area contributed by atoms with Crippen LogP contribution in [0.4, 0.5) is 0 Å². The Bertz CT molecular complexity index is 485. The quantitative estimate of drug-likeness (QED) is 0.266. The molecule has 1 aromatic rings. The van der Waals surface area contributed by atoms with Crippen LogP contribution in [-0.4, -0.2) is 50.3 Å². The van der Waals surface area contributed by atoms with Gasteiger partial charge in [-0.25, -0.2) is 0 Å². The lowest BCUT2D eigenvalue weighted by Crippen LogP contribution is -2.43. The van der Waals surface area contributed by atoms with Gasteiger partial charge in [0.1, 0.15) is 0 Å². The number of likely N-dealkylation sites (tertiary alicyclic amines) is 1. The number of rotatable bonds is 9. The van der Waals surface area contributed by atoms with Crippen molar-refractivity contribution in [2.75, 3.05) is 39.5 Å². The fraction of sp³-hybridized carbons (Fsp3) is 0.632. The fourth-order valence-corrected chi connectivity index (χ4v) is 2.84. The molecule has 2 N–H and O–H groups in total. The van der Waals surface area contributed by atoms with E-state index in [1.165, 1.54) is 18.4 Å². The highest BCUT2D eigenvalue weighted by Gasteiger charge is 2.17. The van der Waals surface area contributed by atoms with Crippen molar-refractivity contribution in [2.45, 2.75) is 32.8 Å². The first-order valence-corrected chi connectivity index (χ1v) is 9.00. The molecule has 1 fully saturated rings. The first kappa shape index (κ1) is 22.2. The van der Waals surface area contributed by atoms with Crippen LogP contribution in [0.25, 0.3) is 0 Å². The number of hydrogen-bond donors (Lipinski definition) is 1.